The van der Waals surface area contributed by atoms with E-state index in [9.17, 15) is 13.9 Å². The monoisotopic (exact) mass is 256 g/mol. The van der Waals surface area contributed by atoms with E-state index in [4.69, 9.17) is 0 Å². The molecule has 1 aromatic carbocycles. The maximum atomic E-state index is 12.7. The minimum absolute atomic E-state index is 0.162. The number of aromatic hydroxyl groups is 1. The van der Waals surface area contributed by atoms with Crippen LogP contribution in [-0.4, -0.2) is 42.6 Å². The average molecular weight is 256 g/mol. The molecule has 1 aliphatic heterocycles. The second-order valence-electron chi connectivity index (χ2n) is 4.52. The Hall–Kier alpha value is -1.20. The zero-order valence-electron chi connectivity index (χ0n) is 10.1. The molecule has 1 fully saturated rings. The normalized spacial score (nSPS) is 19.1. The van der Waals surface area contributed by atoms with Gasteiger partial charge in [0.25, 0.3) is 0 Å². The Kier molecular flexibility index (Phi) is 4.49. The lowest BCUT2D eigenvalue weighted by atomic mass is 10.0. The fraction of sp³-hybridized carbons (Fsp3) is 0.538. The summed E-state index contributed by atoms with van der Waals surface area (Å²) in [6.07, 6.45) is -2.48. The first kappa shape index (κ1) is 13.2. The number of alkyl halides is 2. The van der Waals surface area contributed by atoms with Crippen LogP contribution in [0.15, 0.2) is 24.3 Å². The van der Waals surface area contributed by atoms with Crippen LogP contribution in [0.3, 0.4) is 0 Å². The molecule has 1 aromatic rings. The zero-order chi connectivity index (χ0) is 13.0. The molecule has 0 bridgehead atoms. The minimum Gasteiger partial charge on any atom is -0.508 e. The van der Waals surface area contributed by atoms with Crippen molar-refractivity contribution in [2.24, 2.45) is 0 Å². The van der Waals surface area contributed by atoms with Crippen molar-refractivity contribution in [3.05, 3.63) is 29.8 Å². The van der Waals surface area contributed by atoms with E-state index in [0.717, 1.165) is 31.7 Å². The Bertz CT molecular complexity index is 364. The number of phenolic OH excluding ortho intramolecular Hbond substituents is 1. The lowest BCUT2D eigenvalue weighted by molar-refractivity contribution is 0.0739. The summed E-state index contributed by atoms with van der Waals surface area (Å²) >= 11 is 0. The van der Waals surface area contributed by atoms with Crippen molar-refractivity contribution in [2.45, 2.75) is 18.9 Å². The molecule has 0 radical (unpaired) electrons. The van der Waals surface area contributed by atoms with Gasteiger partial charge in [0.05, 0.1) is 0 Å². The van der Waals surface area contributed by atoms with Crippen LogP contribution in [0.2, 0.25) is 0 Å². The van der Waals surface area contributed by atoms with Gasteiger partial charge in [-0.05, 0) is 17.7 Å². The Labute approximate surface area is 105 Å². The van der Waals surface area contributed by atoms with Crippen LogP contribution in [0.1, 0.15) is 18.0 Å². The smallest absolute Gasteiger partial charge is 0.240 e. The molecular formula is C13H18F2N2O. The number of piperazine rings is 1. The number of nitrogens with zero attached hydrogens (tertiary/aromatic N) is 1. The molecule has 2 rings (SSSR count). The van der Waals surface area contributed by atoms with Gasteiger partial charge in [-0.15, -0.1) is 0 Å². The lowest BCUT2D eigenvalue weighted by Gasteiger charge is -2.35. The topological polar surface area (TPSA) is 35.5 Å². The summed E-state index contributed by atoms with van der Waals surface area (Å²) in [7, 11) is 0. The first-order chi connectivity index (χ1) is 8.66. The Morgan fingerprint density at radius 3 is 2.33 bits per heavy atom. The molecular weight excluding hydrogens is 238 g/mol. The molecule has 1 atom stereocenters. The van der Waals surface area contributed by atoms with Crippen molar-refractivity contribution in [3.8, 4) is 5.75 Å². The van der Waals surface area contributed by atoms with Crippen LogP contribution in [0.25, 0.3) is 0 Å². The van der Waals surface area contributed by atoms with E-state index in [0.29, 0.717) is 0 Å². The molecule has 0 spiro atoms. The zero-order valence-corrected chi connectivity index (χ0v) is 10.1. The molecule has 1 heterocycles. The molecule has 18 heavy (non-hydrogen) atoms. The third-order valence-corrected chi connectivity index (χ3v) is 3.27. The van der Waals surface area contributed by atoms with E-state index in [2.05, 4.69) is 10.2 Å². The van der Waals surface area contributed by atoms with Crippen molar-refractivity contribution in [2.75, 3.05) is 26.2 Å². The summed E-state index contributed by atoms with van der Waals surface area (Å²) in [5.74, 6) is 0.162. The number of nitrogens with one attached hydrogen (secondary N) is 1. The SMILES string of the molecule is Oc1ccc([C@H](CC(F)F)N2CCNCC2)cc1. The average Bonchev–Trinajstić information content (AvgIpc) is 2.38. The number of phenols is 1. The van der Waals surface area contributed by atoms with Crippen molar-refractivity contribution < 1.29 is 13.9 Å². The van der Waals surface area contributed by atoms with Gasteiger partial charge >= 0.3 is 0 Å². The highest BCUT2D eigenvalue weighted by Crippen LogP contribution is 2.28. The molecule has 2 N–H and O–H groups in total. The lowest BCUT2D eigenvalue weighted by Crippen LogP contribution is -2.45. The number of benzene rings is 1. The van der Waals surface area contributed by atoms with Crippen molar-refractivity contribution >= 4 is 0 Å². The predicted octanol–water partition coefficient (Wildman–Crippen LogP) is 1.99. The highest BCUT2D eigenvalue weighted by atomic mass is 19.3. The third-order valence-electron chi connectivity index (χ3n) is 3.27. The predicted molar refractivity (Wildman–Crippen MR) is 65.9 cm³/mol. The van der Waals surface area contributed by atoms with Gasteiger partial charge < -0.3 is 10.4 Å². The third kappa shape index (κ3) is 3.40. The summed E-state index contributed by atoms with van der Waals surface area (Å²) in [6, 6.07) is 6.29. The van der Waals surface area contributed by atoms with E-state index in [1.54, 1.807) is 24.3 Å². The van der Waals surface area contributed by atoms with E-state index in [-0.39, 0.29) is 18.2 Å². The number of halogens is 2. The van der Waals surface area contributed by atoms with Crippen LogP contribution in [-0.2, 0) is 0 Å². The van der Waals surface area contributed by atoms with Gasteiger partial charge in [0.1, 0.15) is 5.75 Å². The molecule has 0 aliphatic carbocycles. The number of hydrogen-bond acceptors (Lipinski definition) is 3. The molecule has 0 amide bonds. The van der Waals surface area contributed by atoms with Crippen molar-refractivity contribution in [1.82, 2.24) is 10.2 Å². The van der Waals surface area contributed by atoms with E-state index in [1.165, 1.54) is 0 Å². The Balaban J connectivity index is 2.15. The van der Waals surface area contributed by atoms with Crippen LogP contribution in [0.4, 0.5) is 8.78 Å². The first-order valence-corrected chi connectivity index (χ1v) is 6.18. The van der Waals surface area contributed by atoms with Crippen LogP contribution >= 0.6 is 0 Å². The molecule has 0 saturated carbocycles. The van der Waals surface area contributed by atoms with Gasteiger partial charge in [0, 0.05) is 38.6 Å². The molecule has 5 heteroatoms. The molecule has 0 unspecified atom stereocenters. The molecule has 0 aromatic heterocycles. The van der Waals surface area contributed by atoms with E-state index in [1.807, 2.05) is 0 Å². The summed E-state index contributed by atoms with van der Waals surface area (Å²) in [6.45, 7) is 3.21. The molecule has 3 nitrogen and oxygen atoms in total. The second-order valence-corrected chi connectivity index (χ2v) is 4.52. The second kappa shape index (κ2) is 6.11. The maximum Gasteiger partial charge on any atom is 0.240 e. The fourth-order valence-electron chi connectivity index (χ4n) is 2.36. The van der Waals surface area contributed by atoms with Gasteiger partial charge in [-0.25, -0.2) is 8.78 Å². The summed E-state index contributed by atoms with van der Waals surface area (Å²) in [5, 5.41) is 12.5. The number of rotatable bonds is 4. The van der Waals surface area contributed by atoms with Crippen LogP contribution in [0, 0.1) is 0 Å². The standard InChI is InChI=1S/C13H18F2N2O/c14-13(15)9-12(17-7-5-16-6-8-17)10-1-3-11(18)4-2-10/h1-4,12-13,16,18H,5-9H2/t12-/m0/s1. The highest BCUT2D eigenvalue weighted by Gasteiger charge is 2.25. The maximum absolute atomic E-state index is 12.7. The van der Waals surface area contributed by atoms with Crippen molar-refractivity contribution in [3.63, 3.8) is 0 Å². The molecule has 1 aliphatic rings. The van der Waals surface area contributed by atoms with Crippen LogP contribution < -0.4 is 5.32 Å². The Morgan fingerprint density at radius 2 is 1.78 bits per heavy atom. The van der Waals surface area contributed by atoms with Gasteiger partial charge in [-0.2, -0.15) is 0 Å². The van der Waals surface area contributed by atoms with Crippen LogP contribution in [0.5, 0.6) is 5.75 Å². The largest absolute Gasteiger partial charge is 0.508 e. The molecule has 100 valence electrons. The minimum atomic E-state index is -2.32. The van der Waals surface area contributed by atoms with Gasteiger partial charge in [-0.3, -0.25) is 4.90 Å². The van der Waals surface area contributed by atoms with Gasteiger partial charge in [0.2, 0.25) is 6.43 Å². The first-order valence-electron chi connectivity index (χ1n) is 6.18. The highest BCUT2D eigenvalue weighted by molar-refractivity contribution is 5.28. The van der Waals surface area contributed by atoms with Gasteiger partial charge in [0.15, 0.2) is 0 Å². The fourth-order valence-corrected chi connectivity index (χ4v) is 2.36. The van der Waals surface area contributed by atoms with E-state index >= 15 is 0 Å². The summed E-state index contributed by atoms with van der Waals surface area (Å²) in [4.78, 5) is 2.08. The summed E-state index contributed by atoms with van der Waals surface area (Å²) in [5.41, 5.74) is 0.843. The quantitative estimate of drug-likeness (QED) is 0.865. The number of hydrogen-bond donors (Lipinski definition) is 2. The molecule has 1 saturated heterocycles. The van der Waals surface area contributed by atoms with Crippen molar-refractivity contribution in [1.29, 1.82) is 0 Å². The Morgan fingerprint density at radius 1 is 1.17 bits per heavy atom. The van der Waals surface area contributed by atoms with Gasteiger partial charge in [-0.1, -0.05) is 12.1 Å². The summed E-state index contributed by atoms with van der Waals surface area (Å²) < 4.78 is 25.4. The van der Waals surface area contributed by atoms with E-state index < -0.39 is 6.43 Å².